The van der Waals surface area contributed by atoms with Crippen molar-refractivity contribution in [1.82, 2.24) is 15.2 Å². The molecule has 0 aliphatic carbocycles. The molecule has 24 heavy (non-hydrogen) atoms. The number of nitrogens with zero attached hydrogens (tertiary/aromatic N) is 2. The Hall–Kier alpha value is -2.86. The SMILES string of the molecule is Cc1[nH]ncc1C(=O)Nc1ccc(OCc2cccnc2)c(Cl)c1. The zero-order valence-corrected chi connectivity index (χ0v) is 13.7. The maximum Gasteiger partial charge on any atom is 0.259 e. The minimum atomic E-state index is -0.249. The zero-order valence-electron chi connectivity index (χ0n) is 12.9. The molecule has 0 unspecified atom stereocenters. The number of aromatic amines is 1. The smallest absolute Gasteiger partial charge is 0.259 e. The summed E-state index contributed by atoms with van der Waals surface area (Å²) < 4.78 is 5.67. The lowest BCUT2D eigenvalue weighted by Gasteiger charge is -2.10. The van der Waals surface area contributed by atoms with Crippen molar-refractivity contribution < 1.29 is 9.53 Å². The Balaban J connectivity index is 1.66. The summed E-state index contributed by atoms with van der Waals surface area (Å²) in [6, 6.07) is 8.86. The maximum atomic E-state index is 12.2. The molecule has 0 bridgehead atoms. The van der Waals surface area contributed by atoms with Gasteiger partial charge in [0, 0.05) is 29.3 Å². The van der Waals surface area contributed by atoms with E-state index in [1.807, 2.05) is 12.1 Å². The molecule has 0 atom stereocenters. The zero-order chi connectivity index (χ0) is 16.9. The van der Waals surface area contributed by atoms with E-state index in [1.54, 1.807) is 37.5 Å². The van der Waals surface area contributed by atoms with Crippen molar-refractivity contribution in [3.8, 4) is 5.75 Å². The molecule has 1 amide bonds. The maximum absolute atomic E-state index is 12.2. The van der Waals surface area contributed by atoms with Crippen molar-refractivity contribution in [2.75, 3.05) is 5.32 Å². The molecule has 0 saturated heterocycles. The molecule has 2 N–H and O–H groups in total. The Morgan fingerprint density at radius 2 is 2.21 bits per heavy atom. The first kappa shape index (κ1) is 16.0. The van der Waals surface area contributed by atoms with Crippen molar-refractivity contribution >= 4 is 23.2 Å². The molecular weight excluding hydrogens is 328 g/mol. The number of aryl methyl sites for hydroxylation is 1. The van der Waals surface area contributed by atoms with E-state index >= 15 is 0 Å². The van der Waals surface area contributed by atoms with E-state index in [2.05, 4.69) is 20.5 Å². The molecule has 0 radical (unpaired) electrons. The van der Waals surface area contributed by atoms with Crippen molar-refractivity contribution in [2.45, 2.75) is 13.5 Å². The van der Waals surface area contributed by atoms with Crippen molar-refractivity contribution in [3.05, 3.63) is 70.8 Å². The van der Waals surface area contributed by atoms with Crippen LogP contribution in [0.5, 0.6) is 5.75 Å². The van der Waals surface area contributed by atoms with E-state index in [0.29, 0.717) is 34.3 Å². The molecule has 0 spiro atoms. The van der Waals surface area contributed by atoms with E-state index in [1.165, 1.54) is 6.20 Å². The number of carbonyl (C=O) groups is 1. The van der Waals surface area contributed by atoms with Gasteiger partial charge in [-0.05, 0) is 31.2 Å². The number of rotatable bonds is 5. The molecule has 1 aromatic carbocycles. The second kappa shape index (κ2) is 7.14. The average molecular weight is 343 g/mol. The summed E-state index contributed by atoms with van der Waals surface area (Å²) >= 11 is 6.22. The standard InChI is InChI=1S/C17H15ClN4O2/c1-11-14(9-20-22-11)17(23)21-13-4-5-16(15(18)7-13)24-10-12-3-2-6-19-8-12/h2-9H,10H2,1H3,(H,20,22)(H,21,23). The number of carbonyl (C=O) groups excluding carboxylic acids is 1. The monoisotopic (exact) mass is 342 g/mol. The summed E-state index contributed by atoms with van der Waals surface area (Å²) in [4.78, 5) is 16.2. The summed E-state index contributed by atoms with van der Waals surface area (Å²) in [5.74, 6) is 0.291. The number of pyridine rings is 1. The Morgan fingerprint density at radius 1 is 1.33 bits per heavy atom. The van der Waals surface area contributed by atoms with Gasteiger partial charge in [-0.1, -0.05) is 17.7 Å². The lowest BCUT2D eigenvalue weighted by atomic mass is 10.2. The fourth-order valence-electron chi connectivity index (χ4n) is 2.12. The lowest BCUT2D eigenvalue weighted by Crippen LogP contribution is -2.12. The van der Waals surface area contributed by atoms with Gasteiger partial charge >= 0.3 is 0 Å². The Morgan fingerprint density at radius 3 is 2.88 bits per heavy atom. The van der Waals surface area contributed by atoms with Crippen LogP contribution in [0.2, 0.25) is 5.02 Å². The number of aromatic nitrogens is 3. The predicted molar refractivity (Wildman–Crippen MR) is 91.3 cm³/mol. The lowest BCUT2D eigenvalue weighted by molar-refractivity contribution is 0.102. The number of hydrogen-bond acceptors (Lipinski definition) is 4. The Bertz CT molecular complexity index is 849. The van der Waals surface area contributed by atoms with Crippen LogP contribution in [-0.4, -0.2) is 21.1 Å². The summed E-state index contributed by atoms with van der Waals surface area (Å²) in [5, 5.41) is 9.75. The molecule has 6 nitrogen and oxygen atoms in total. The molecule has 7 heteroatoms. The van der Waals surface area contributed by atoms with Gasteiger partial charge in [0.05, 0.1) is 16.8 Å². The largest absolute Gasteiger partial charge is 0.487 e. The summed E-state index contributed by atoms with van der Waals surface area (Å²) in [6.45, 7) is 2.15. The van der Waals surface area contributed by atoms with Crippen molar-refractivity contribution in [2.24, 2.45) is 0 Å². The van der Waals surface area contributed by atoms with Crippen LogP contribution in [0.4, 0.5) is 5.69 Å². The molecular formula is C17H15ClN4O2. The van der Waals surface area contributed by atoms with E-state index in [-0.39, 0.29) is 5.91 Å². The number of halogens is 1. The first-order valence-corrected chi connectivity index (χ1v) is 7.64. The summed E-state index contributed by atoms with van der Waals surface area (Å²) in [7, 11) is 0. The number of anilines is 1. The minimum Gasteiger partial charge on any atom is -0.487 e. The first-order valence-electron chi connectivity index (χ1n) is 7.26. The summed E-state index contributed by atoms with van der Waals surface area (Å²) in [6.07, 6.45) is 4.92. The van der Waals surface area contributed by atoms with Gasteiger partial charge in [0.15, 0.2) is 0 Å². The number of hydrogen-bond donors (Lipinski definition) is 2. The van der Waals surface area contributed by atoms with Crippen LogP contribution in [0.15, 0.2) is 48.9 Å². The van der Waals surface area contributed by atoms with E-state index in [0.717, 1.165) is 5.56 Å². The van der Waals surface area contributed by atoms with E-state index in [9.17, 15) is 4.79 Å². The first-order chi connectivity index (χ1) is 11.6. The fraction of sp³-hybridized carbons (Fsp3) is 0.118. The van der Waals surface area contributed by atoms with Gasteiger partial charge in [-0.25, -0.2) is 0 Å². The molecule has 0 saturated carbocycles. The molecule has 0 fully saturated rings. The third kappa shape index (κ3) is 3.72. The third-order valence-electron chi connectivity index (χ3n) is 3.38. The Kier molecular flexibility index (Phi) is 4.77. The molecule has 3 aromatic rings. The van der Waals surface area contributed by atoms with Crippen molar-refractivity contribution in [1.29, 1.82) is 0 Å². The highest BCUT2D eigenvalue weighted by atomic mass is 35.5. The second-order valence-corrected chi connectivity index (χ2v) is 5.57. The normalized spacial score (nSPS) is 10.4. The molecule has 0 aliphatic heterocycles. The van der Waals surface area contributed by atoms with Crippen LogP contribution in [0, 0.1) is 6.92 Å². The Labute approximate surface area is 143 Å². The molecule has 122 valence electrons. The van der Waals surface area contributed by atoms with Crippen LogP contribution < -0.4 is 10.1 Å². The average Bonchev–Trinajstić information content (AvgIpc) is 3.01. The highest BCUT2D eigenvalue weighted by molar-refractivity contribution is 6.32. The van der Waals surface area contributed by atoms with E-state index in [4.69, 9.17) is 16.3 Å². The van der Waals surface area contributed by atoms with Crippen molar-refractivity contribution in [3.63, 3.8) is 0 Å². The number of amides is 1. The van der Waals surface area contributed by atoms with Gasteiger partial charge in [-0.3, -0.25) is 14.9 Å². The second-order valence-electron chi connectivity index (χ2n) is 5.16. The van der Waals surface area contributed by atoms with Crippen LogP contribution in [0.1, 0.15) is 21.6 Å². The van der Waals surface area contributed by atoms with Crippen LogP contribution in [0.3, 0.4) is 0 Å². The molecule has 0 aliphatic rings. The van der Waals surface area contributed by atoms with Crippen LogP contribution >= 0.6 is 11.6 Å². The minimum absolute atomic E-state index is 0.249. The van der Waals surface area contributed by atoms with Gasteiger partial charge < -0.3 is 10.1 Å². The number of H-pyrrole nitrogens is 1. The quantitative estimate of drug-likeness (QED) is 0.742. The van der Waals surface area contributed by atoms with Gasteiger partial charge in [0.2, 0.25) is 0 Å². The summed E-state index contributed by atoms with van der Waals surface area (Å²) in [5.41, 5.74) is 2.72. The number of nitrogens with one attached hydrogen (secondary N) is 2. The topological polar surface area (TPSA) is 79.9 Å². The predicted octanol–water partition coefficient (Wildman–Crippen LogP) is 3.60. The van der Waals surface area contributed by atoms with Gasteiger partial charge in [-0.15, -0.1) is 0 Å². The van der Waals surface area contributed by atoms with Crippen LogP contribution in [-0.2, 0) is 6.61 Å². The number of ether oxygens (including phenoxy) is 1. The highest BCUT2D eigenvalue weighted by Gasteiger charge is 2.12. The fourth-order valence-corrected chi connectivity index (χ4v) is 2.35. The number of benzene rings is 1. The molecule has 2 heterocycles. The third-order valence-corrected chi connectivity index (χ3v) is 3.68. The van der Waals surface area contributed by atoms with Gasteiger partial charge in [-0.2, -0.15) is 5.10 Å². The molecule has 3 rings (SSSR count). The van der Waals surface area contributed by atoms with Gasteiger partial charge in [0.25, 0.3) is 5.91 Å². The van der Waals surface area contributed by atoms with Crippen LogP contribution in [0.25, 0.3) is 0 Å². The highest BCUT2D eigenvalue weighted by Crippen LogP contribution is 2.28. The van der Waals surface area contributed by atoms with E-state index < -0.39 is 0 Å². The molecule has 2 aromatic heterocycles. The van der Waals surface area contributed by atoms with Gasteiger partial charge in [0.1, 0.15) is 12.4 Å².